The van der Waals surface area contributed by atoms with E-state index in [9.17, 15) is 9.59 Å². The highest BCUT2D eigenvalue weighted by Gasteiger charge is 2.23. The van der Waals surface area contributed by atoms with Crippen molar-refractivity contribution >= 4 is 40.9 Å². The molecule has 0 unspecified atom stereocenters. The number of anilines is 1. The van der Waals surface area contributed by atoms with Gasteiger partial charge in [-0.3, -0.25) is 9.59 Å². The Kier molecular flexibility index (Phi) is 5.86. The van der Waals surface area contributed by atoms with Crippen LogP contribution >= 0.6 is 23.4 Å². The van der Waals surface area contributed by atoms with E-state index in [1.807, 2.05) is 0 Å². The van der Waals surface area contributed by atoms with Gasteiger partial charge in [0.2, 0.25) is 11.8 Å². The molecular weight excluding hydrogens is 352 g/mol. The number of ether oxygens (including phenoxy) is 2. The summed E-state index contributed by atoms with van der Waals surface area (Å²) in [6.45, 7) is 1.23. The van der Waals surface area contributed by atoms with Crippen molar-refractivity contribution in [2.24, 2.45) is 0 Å². The molecule has 8 heteroatoms. The molecule has 0 saturated carbocycles. The average Bonchev–Trinajstić information content (AvgIpc) is 3.19. The van der Waals surface area contributed by atoms with E-state index in [0.29, 0.717) is 34.7 Å². The standard InChI is InChI=1S/C16H19ClN2O4S/c17-11-3-4-14(23-8-12-2-1-5-22-12)13(6-11)18-15(20)7-19-10-24-9-16(19)21/h3-4,6,12H,1-2,5,7-10H2,(H,18,20)/t12-/m1/s1. The van der Waals surface area contributed by atoms with Crippen molar-refractivity contribution in [1.82, 2.24) is 4.90 Å². The van der Waals surface area contributed by atoms with Crippen LogP contribution in [0.5, 0.6) is 5.75 Å². The Morgan fingerprint density at radius 3 is 3.08 bits per heavy atom. The maximum atomic E-state index is 12.2. The lowest BCUT2D eigenvalue weighted by Crippen LogP contribution is -2.34. The lowest BCUT2D eigenvalue weighted by molar-refractivity contribution is -0.130. The lowest BCUT2D eigenvalue weighted by atomic mass is 10.2. The molecule has 1 N–H and O–H groups in total. The number of nitrogens with one attached hydrogen (secondary N) is 1. The van der Waals surface area contributed by atoms with Crippen LogP contribution in [0.2, 0.25) is 5.02 Å². The fourth-order valence-electron chi connectivity index (χ4n) is 2.59. The molecule has 0 radical (unpaired) electrons. The van der Waals surface area contributed by atoms with E-state index < -0.39 is 0 Å². The number of nitrogens with zero attached hydrogens (tertiary/aromatic N) is 1. The number of carbonyl (C=O) groups is 2. The Morgan fingerprint density at radius 2 is 2.38 bits per heavy atom. The highest BCUT2D eigenvalue weighted by Crippen LogP contribution is 2.29. The quantitative estimate of drug-likeness (QED) is 0.832. The normalized spacial score (nSPS) is 20.5. The molecule has 0 bridgehead atoms. The Hall–Kier alpha value is -1.44. The van der Waals surface area contributed by atoms with Gasteiger partial charge in [-0.1, -0.05) is 11.6 Å². The van der Waals surface area contributed by atoms with Crippen molar-refractivity contribution in [2.75, 3.05) is 36.7 Å². The van der Waals surface area contributed by atoms with Gasteiger partial charge in [-0.05, 0) is 31.0 Å². The molecule has 2 amide bonds. The first-order chi connectivity index (χ1) is 11.6. The summed E-state index contributed by atoms with van der Waals surface area (Å²) >= 11 is 7.52. The zero-order valence-corrected chi connectivity index (χ0v) is 14.7. The average molecular weight is 371 g/mol. The zero-order valence-electron chi connectivity index (χ0n) is 13.1. The van der Waals surface area contributed by atoms with Gasteiger partial charge in [0, 0.05) is 11.6 Å². The monoisotopic (exact) mass is 370 g/mol. The Morgan fingerprint density at radius 1 is 1.50 bits per heavy atom. The van der Waals surface area contributed by atoms with Crippen LogP contribution in [-0.4, -0.2) is 54.2 Å². The van der Waals surface area contributed by atoms with Crippen LogP contribution in [0.15, 0.2) is 18.2 Å². The van der Waals surface area contributed by atoms with Crippen molar-refractivity contribution < 1.29 is 19.1 Å². The molecule has 2 saturated heterocycles. The molecule has 24 heavy (non-hydrogen) atoms. The Balaban J connectivity index is 1.61. The summed E-state index contributed by atoms with van der Waals surface area (Å²) in [5.41, 5.74) is 0.504. The van der Waals surface area contributed by atoms with Crippen molar-refractivity contribution in [1.29, 1.82) is 0 Å². The van der Waals surface area contributed by atoms with Gasteiger partial charge in [0.1, 0.15) is 18.9 Å². The zero-order chi connectivity index (χ0) is 16.9. The molecule has 6 nitrogen and oxygen atoms in total. The van der Waals surface area contributed by atoms with Gasteiger partial charge >= 0.3 is 0 Å². The van der Waals surface area contributed by atoms with Crippen LogP contribution in [0.1, 0.15) is 12.8 Å². The molecule has 1 aromatic carbocycles. The number of halogens is 1. The van der Waals surface area contributed by atoms with Gasteiger partial charge in [0.25, 0.3) is 0 Å². The molecule has 3 rings (SSSR count). The molecule has 130 valence electrons. The van der Waals surface area contributed by atoms with E-state index in [1.54, 1.807) is 18.2 Å². The molecule has 2 heterocycles. The maximum absolute atomic E-state index is 12.2. The van der Waals surface area contributed by atoms with Crippen LogP contribution in [0.4, 0.5) is 5.69 Å². The fraction of sp³-hybridized carbons (Fsp3) is 0.500. The van der Waals surface area contributed by atoms with E-state index in [4.69, 9.17) is 21.1 Å². The number of hydrogen-bond acceptors (Lipinski definition) is 5. The summed E-state index contributed by atoms with van der Waals surface area (Å²) in [5, 5.41) is 3.28. The number of thioether (sulfide) groups is 1. The number of amides is 2. The van der Waals surface area contributed by atoms with Crippen LogP contribution in [0, 0.1) is 0 Å². The van der Waals surface area contributed by atoms with Crippen LogP contribution in [0.25, 0.3) is 0 Å². The first-order valence-corrected chi connectivity index (χ1v) is 9.34. The molecule has 2 aliphatic heterocycles. The summed E-state index contributed by atoms with van der Waals surface area (Å²) in [6.07, 6.45) is 2.10. The van der Waals surface area contributed by atoms with Crippen LogP contribution < -0.4 is 10.1 Å². The van der Waals surface area contributed by atoms with Gasteiger partial charge in [0.15, 0.2) is 0 Å². The second-order valence-corrected chi connectivity index (χ2v) is 7.10. The van der Waals surface area contributed by atoms with Gasteiger partial charge in [-0.25, -0.2) is 0 Å². The predicted octanol–water partition coefficient (Wildman–Crippen LogP) is 2.37. The number of benzene rings is 1. The van der Waals surface area contributed by atoms with Gasteiger partial charge in [-0.2, -0.15) is 0 Å². The summed E-state index contributed by atoms with van der Waals surface area (Å²) in [7, 11) is 0. The van der Waals surface area contributed by atoms with Crippen molar-refractivity contribution in [3.05, 3.63) is 23.2 Å². The van der Waals surface area contributed by atoms with E-state index in [0.717, 1.165) is 19.4 Å². The molecule has 0 aromatic heterocycles. The third-order valence-electron chi connectivity index (χ3n) is 3.82. The highest BCUT2D eigenvalue weighted by molar-refractivity contribution is 8.00. The summed E-state index contributed by atoms with van der Waals surface area (Å²) in [6, 6.07) is 5.08. The van der Waals surface area contributed by atoms with E-state index in [-0.39, 0.29) is 24.5 Å². The first kappa shape index (κ1) is 17.4. The minimum atomic E-state index is -0.268. The van der Waals surface area contributed by atoms with Gasteiger partial charge < -0.3 is 19.7 Å². The third kappa shape index (κ3) is 4.55. The third-order valence-corrected chi connectivity index (χ3v) is 5.00. The molecule has 0 aliphatic carbocycles. The minimum absolute atomic E-state index is 0.0175. The second kappa shape index (κ2) is 8.09. The Labute approximate surface area is 149 Å². The Bertz CT molecular complexity index is 622. The lowest BCUT2D eigenvalue weighted by Gasteiger charge is -2.17. The second-order valence-electron chi connectivity index (χ2n) is 5.70. The fourth-order valence-corrected chi connectivity index (χ4v) is 3.66. The van der Waals surface area contributed by atoms with Crippen molar-refractivity contribution in [3.8, 4) is 5.75 Å². The van der Waals surface area contributed by atoms with E-state index in [2.05, 4.69) is 5.32 Å². The number of hydrogen-bond donors (Lipinski definition) is 1. The van der Waals surface area contributed by atoms with Crippen LogP contribution in [-0.2, 0) is 14.3 Å². The molecule has 0 spiro atoms. The maximum Gasteiger partial charge on any atom is 0.244 e. The smallest absolute Gasteiger partial charge is 0.244 e. The van der Waals surface area contributed by atoms with Crippen LogP contribution in [0.3, 0.4) is 0 Å². The topological polar surface area (TPSA) is 67.9 Å². The molecule has 1 aromatic rings. The first-order valence-electron chi connectivity index (χ1n) is 7.81. The van der Waals surface area contributed by atoms with Gasteiger partial charge in [-0.15, -0.1) is 11.8 Å². The SMILES string of the molecule is O=C(CN1CSCC1=O)Nc1cc(Cl)ccc1OC[C@H]1CCCO1. The number of carbonyl (C=O) groups excluding carboxylic acids is 2. The van der Waals surface area contributed by atoms with E-state index in [1.165, 1.54) is 16.7 Å². The minimum Gasteiger partial charge on any atom is -0.489 e. The molecular formula is C16H19ClN2O4S. The highest BCUT2D eigenvalue weighted by atomic mass is 35.5. The van der Waals surface area contributed by atoms with Crippen molar-refractivity contribution in [2.45, 2.75) is 18.9 Å². The molecule has 1 atom stereocenters. The van der Waals surface area contributed by atoms with Gasteiger partial charge in [0.05, 0.1) is 23.4 Å². The molecule has 2 fully saturated rings. The largest absolute Gasteiger partial charge is 0.489 e. The summed E-state index contributed by atoms with van der Waals surface area (Å²) in [5.74, 6) is 1.24. The molecule has 2 aliphatic rings. The number of rotatable bonds is 6. The van der Waals surface area contributed by atoms with Crippen molar-refractivity contribution in [3.63, 3.8) is 0 Å². The summed E-state index contributed by atoms with van der Waals surface area (Å²) in [4.78, 5) is 25.3. The predicted molar refractivity (Wildman–Crippen MR) is 93.6 cm³/mol. The van der Waals surface area contributed by atoms with E-state index >= 15 is 0 Å². The summed E-state index contributed by atoms with van der Waals surface area (Å²) < 4.78 is 11.3.